The zero-order valence-corrected chi connectivity index (χ0v) is 22.0. The first-order valence-electron chi connectivity index (χ1n) is 12.4. The van der Waals surface area contributed by atoms with Crippen LogP contribution in [0.25, 0.3) is 0 Å². The van der Waals surface area contributed by atoms with Crippen molar-refractivity contribution in [2.45, 2.75) is 58.7 Å². The molecule has 0 aliphatic rings. The Morgan fingerprint density at radius 1 is 0.917 bits per heavy atom. The van der Waals surface area contributed by atoms with Crippen LogP contribution < -0.4 is 10.1 Å². The molecule has 0 saturated heterocycles. The lowest BCUT2D eigenvalue weighted by Crippen LogP contribution is -2.51. The van der Waals surface area contributed by atoms with Crippen LogP contribution in [0.1, 0.15) is 43.4 Å². The molecule has 0 aliphatic heterocycles. The number of carbonyl (C=O) groups is 2. The third-order valence-corrected chi connectivity index (χ3v) is 6.04. The van der Waals surface area contributed by atoms with Crippen LogP contribution in [0, 0.1) is 6.92 Å². The number of ether oxygens (including phenoxy) is 1. The van der Waals surface area contributed by atoms with Crippen LogP contribution in [0.5, 0.6) is 5.75 Å². The van der Waals surface area contributed by atoms with Crippen LogP contribution in [0.2, 0.25) is 5.02 Å². The van der Waals surface area contributed by atoms with Crippen LogP contribution in [0.15, 0.2) is 78.9 Å². The summed E-state index contributed by atoms with van der Waals surface area (Å²) in [6, 6.07) is 24.4. The highest BCUT2D eigenvalue weighted by Crippen LogP contribution is 2.18. The Kier molecular flexibility index (Phi) is 10.4. The first-order chi connectivity index (χ1) is 17.3. The third-order valence-electron chi connectivity index (χ3n) is 5.79. The molecule has 1 atom stereocenters. The van der Waals surface area contributed by atoms with Gasteiger partial charge < -0.3 is 15.0 Å². The van der Waals surface area contributed by atoms with Crippen LogP contribution in [-0.4, -0.2) is 35.4 Å². The number of nitrogens with zero attached hydrogens (tertiary/aromatic N) is 1. The van der Waals surface area contributed by atoms with Crippen molar-refractivity contribution in [2.24, 2.45) is 0 Å². The number of carbonyl (C=O) groups excluding carboxylic acids is 2. The van der Waals surface area contributed by atoms with Gasteiger partial charge in [0.25, 0.3) is 0 Å². The van der Waals surface area contributed by atoms with E-state index in [4.69, 9.17) is 16.3 Å². The average Bonchev–Trinajstić information content (AvgIpc) is 2.86. The molecular weight excluding hydrogens is 472 g/mol. The number of rotatable bonds is 12. The van der Waals surface area contributed by atoms with Gasteiger partial charge in [-0.2, -0.15) is 0 Å². The maximum absolute atomic E-state index is 13.6. The first kappa shape index (κ1) is 27.3. The number of halogens is 1. The second-order valence-electron chi connectivity index (χ2n) is 9.28. The predicted octanol–water partition coefficient (Wildman–Crippen LogP) is 5.97. The van der Waals surface area contributed by atoms with Crippen LogP contribution in [0.4, 0.5) is 0 Å². The number of hydrogen-bond acceptors (Lipinski definition) is 3. The Morgan fingerprint density at radius 3 is 2.22 bits per heavy atom. The van der Waals surface area contributed by atoms with Gasteiger partial charge in [-0.15, -0.1) is 0 Å². The van der Waals surface area contributed by atoms with Gasteiger partial charge in [-0.05, 0) is 62.6 Å². The number of benzene rings is 3. The van der Waals surface area contributed by atoms with E-state index in [-0.39, 0.29) is 24.3 Å². The van der Waals surface area contributed by atoms with Gasteiger partial charge >= 0.3 is 0 Å². The lowest BCUT2D eigenvalue weighted by Gasteiger charge is -2.32. The minimum Gasteiger partial charge on any atom is -0.494 e. The van der Waals surface area contributed by atoms with Gasteiger partial charge in [-0.1, -0.05) is 71.8 Å². The van der Waals surface area contributed by atoms with Crippen molar-refractivity contribution in [1.29, 1.82) is 0 Å². The zero-order valence-electron chi connectivity index (χ0n) is 21.2. The zero-order chi connectivity index (χ0) is 25.9. The average molecular weight is 507 g/mol. The molecule has 3 aromatic rings. The van der Waals surface area contributed by atoms with Gasteiger partial charge in [0.2, 0.25) is 11.8 Å². The highest BCUT2D eigenvalue weighted by molar-refractivity contribution is 6.30. The summed E-state index contributed by atoms with van der Waals surface area (Å²) in [4.78, 5) is 28.6. The number of nitrogens with one attached hydrogen (secondary N) is 1. The maximum Gasteiger partial charge on any atom is 0.243 e. The van der Waals surface area contributed by atoms with Gasteiger partial charge in [0, 0.05) is 30.5 Å². The summed E-state index contributed by atoms with van der Waals surface area (Å²) in [5, 5.41) is 3.67. The summed E-state index contributed by atoms with van der Waals surface area (Å²) >= 11 is 5.93. The standard InChI is InChI=1S/C30H35ClN2O3/c1-22(2)32-30(35)28(20-24-8-5-4-6-9-24)33(21-25-13-11-23(3)12-14-25)29(34)10-7-19-36-27-17-15-26(31)16-18-27/h4-6,8-9,11-18,22,28H,7,10,19-21H2,1-3H3,(H,32,35)/t28-/m1/s1. The van der Waals surface area contributed by atoms with Crippen molar-refractivity contribution >= 4 is 23.4 Å². The first-order valence-corrected chi connectivity index (χ1v) is 12.8. The van der Waals surface area contributed by atoms with E-state index in [1.807, 2.05) is 75.4 Å². The van der Waals surface area contributed by atoms with Gasteiger partial charge in [0.15, 0.2) is 0 Å². The van der Waals surface area contributed by atoms with E-state index in [1.54, 1.807) is 29.2 Å². The number of aryl methyl sites for hydroxylation is 1. The minimum absolute atomic E-state index is 0.0279. The molecule has 0 unspecified atom stereocenters. The molecule has 3 rings (SSSR count). The molecule has 2 amide bonds. The molecule has 0 heterocycles. The Hall–Kier alpha value is -3.31. The Labute approximate surface area is 219 Å². The Balaban J connectivity index is 1.77. The summed E-state index contributed by atoms with van der Waals surface area (Å²) in [5.41, 5.74) is 3.14. The quantitative estimate of drug-likeness (QED) is 0.308. The normalized spacial score (nSPS) is 11.7. The van der Waals surface area contributed by atoms with Crippen molar-refractivity contribution < 1.29 is 14.3 Å². The molecule has 1 N–H and O–H groups in total. The fourth-order valence-electron chi connectivity index (χ4n) is 3.91. The molecule has 0 fully saturated rings. The monoisotopic (exact) mass is 506 g/mol. The van der Waals surface area contributed by atoms with E-state index < -0.39 is 6.04 Å². The van der Waals surface area contributed by atoms with Crippen molar-refractivity contribution in [3.63, 3.8) is 0 Å². The SMILES string of the molecule is Cc1ccc(CN(C(=O)CCCOc2ccc(Cl)cc2)[C@H](Cc2ccccc2)C(=O)NC(C)C)cc1. The summed E-state index contributed by atoms with van der Waals surface area (Å²) in [7, 11) is 0. The van der Waals surface area contributed by atoms with E-state index in [9.17, 15) is 9.59 Å². The fourth-order valence-corrected chi connectivity index (χ4v) is 4.04. The summed E-state index contributed by atoms with van der Waals surface area (Å²) in [6.07, 6.45) is 1.26. The van der Waals surface area contributed by atoms with Crippen LogP contribution >= 0.6 is 11.6 Å². The van der Waals surface area contributed by atoms with E-state index >= 15 is 0 Å². The van der Waals surface area contributed by atoms with Gasteiger partial charge in [-0.3, -0.25) is 9.59 Å². The highest BCUT2D eigenvalue weighted by atomic mass is 35.5. The van der Waals surface area contributed by atoms with Crippen molar-refractivity contribution in [3.05, 3.63) is 101 Å². The second-order valence-corrected chi connectivity index (χ2v) is 9.72. The molecule has 0 radical (unpaired) electrons. The highest BCUT2D eigenvalue weighted by Gasteiger charge is 2.30. The number of amides is 2. The summed E-state index contributed by atoms with van der Waals surface area (Å²) in [5.74, 6) is 0.489. The molecule has 0 spiro atoms. The van der Waals surface area contributed by atoms with Crippen molar-refractivity contribution in [3.8, 4) is 5.75 Å². The lowest BCUT2D eigenvalue weighted by atomic mass is 10.0. The Morgan fingerprint density at radius 2 is 1.58 bits per heavy atom. The van der Waals surface area contributed by atoms with E-state index in [0.29, 0.717) is 36.8 Å². The molecule has 0 aromatic heterocycles. The predicted molar refractivity (Wildman–Crippen MR) is 145 cm³/mol. The fraction of sp³-hybridized carbons (Fsp3) is 0.333. The van der Waals surface area contributed by atoms with Gasteiger partial charge in [0.1, 0.15) is 11.8 Å². The second kappa shape index (κ2) is 13.7. The minimum atomic E-state index is -0.624. The van der Waals surface area contributed by atoms with Gasteiger partial charge in [-0.25, -0.2) is 0 Å². The van der Waals surface area contributed by atoms with E-state index in [2.05, 4.69) is 5.32 Å². The van der Waals surface area contributed by atoms with E-state index in [1.165, 1.54) is 0 Å². The molecule has 0 saturated carbocycles. The van der Waals surface area contributed by atoms with E-state index in [0.717, 1.165) is 16.7 Å². The number of hydrogen-bond donors (Lipinski definition) is 1. The molecule has 5 nitrogen and oxygen atoms in total. The third kappa shape index (κ3) is 8.72. The van der Waals surface area contributed by atoms with Crippen LogP contribution in [-0.2, 0) is 22.6 Å². The largest absolute Gasteiger partial charge is 0.494 e. The molecule has 36 heavy (non-hydrogen) atoms. The summed E-state index contributed by atoms with van der Waals surface area (Å²) < 4.78 is 5.77. The molecular formula is C30H35ClN2O3. The topological polar surface area (TPSA) is 58.6 Å². The molecule has 6 heteroatoms. The smallest absolute Gasteiger partial charge is 0.243 e. The van der Waals surface area contributed by atoms with Crippen molar-refractivity contribution in [2.75, 3.05) is 6.61 Å². The van der Waals surface area contributed by atoms with Crippen LogP contribution in [0.3, 0.4) is 0 Å². The maximum atomic E-state index is 13.6. The molecule has 0 bridgehead atoms. The molecule has 3 aromatic carbocycles. The van der Waals surface area contributed by atoms with Crippen molar-refractivity contribution in [1.82, 2.24) is 10.2 Å². The molecule has 190 valence electrons. The lowest BCUT2D eigenvalue weighted by molar-refractivity contribution is -0.141. The Bertz CT molecular complexity index is 1100. The van der Waals surface area contributed by atoms with Gasteiger partial charge in [0.05, 0.1) is 6.61 Å². The summed E-state index contributed by atoms with van der Waals surface area (Å²) in [6.45, 7) is 6.64. The molecule has 0 aliphatic carbocycles.